The molecular formula is C23H25NO3. The molecule has 1 atom stereocenters. The molecule has 3 aromatic rings. The van der Waals surface area contributed by atoms with E-state index in [0.29, 0.717) is 18.9 Å². The molecule has 1 amide bonds. The molecule has 140 valence electrons. The van der Waals surface area contributed by atoms with Gasteiger partial charge in [-0.3, -0.25) is 4.79 Å². The highest BCUT2D eigenvalue weighted by molar-refractivity contribution is 5.89. The first-order chi connectivity index (χ1) is 13.0. The summed E-state index contributed by atoms with van der Waals surface area (Å²) < 4.78 is 11.7. The smallest absolute Gasteiger partial charge is 0.260 e. The number of ether oxygens (including phenoxy) is 2. The molecule has 0 heterocycles. The maximum atomic E-state index is 12.3. The van der Waals surface area contributed by atoms with Gasteiger partial charge in [-0.2, -0.15) is 0 Å². The number of benzene rings is 3. The van der Waals surface area contributed by atoms with Crippen molar-refractivity contribution in [2.75, 3.05) is 13.2 Å². The lowest BCUT2D eigenvalue weighted by Gasteiger charge is -2.16. The normalized spacial score (nSPS) is 11.8. The molecule has 0 fully saturated rings. The molecule has 0 aliphatic heterocycles. The molecule has 0 radical (unpaired) electrons. The summed E-state index contributed by atoms with van der Waals surface area (Å²) in [5, 5.41) is 4.95. The summed E-state index contributed by atoms with van der Waals surface area (Å²) in [6.45, 7) is 6.63. The van der Waals surface area contributed by atoms with Crippen molar-refractivity contribution in [3.63, 3.8) is 0 Å². The van der Waals surface area contributed by atoms with Gasteiger partial charge in [0.25, 0.3) is 5.91 Å². The zero-order valence-electron chi connectivity index (χ0n) is 16.0. The largest absolute Gasteiger partial charge is 0.491 e. The topological polar surface area (TPSA) is 47.6 Å². The Labute approximate surface area is 160 Å². The van der Waals surface area contributed by atoms with E-state index in [9.17, 15) is 4.79 Å². The van der Waals surface area contributed by atoms with Crippen molar-refractivity contribution in [1.82, 2.24) is 5.32 Å². The van der Waals surface area contributed by atoms with Gasteiger partial charge >= 0.3 is 0 Å². The van der Waals surface area contributed by atoms with Gasteiger partial charge in [0.15, 0.2) is 6.10 Å². The van der Waals surface area contributed by atoms with E-state index >= 15 is 0 Å². The van der Waals surface area contributed by atoms with Crippen molar-refractivity contribution in [2.45, 2.75) is 26.9 Å². The molecule has 4 nitrogen and oxygen atoms in total. The Morgan fingerprint density at radius 2 is 1.78 bits per heavy atom. The minimum atomic E-state index is -0.587. The van der Waals surface area contributed by atoms with Gasteiger partial charge in [-0.25, -0.2) is 0 Å². The van der Waals surface area contributed by atoms with Gasteiger partial charge in [-0.1, -0.05) is 48.5 Å². The van der Waals surface area contributed by atoms with E-state index in [2.05, 4.69) is 11.4 Å². The molecule has 4 heteroatoms. The van der Waals surface area contributed by atoms with Gasteiger partial charge in [0.05, 0.1) is 6.54 Å². The number of aryl methyl sites for hydroxylation is 2. The average Bonchev–Trinajstić information content (AvgIpc) is 2.68. The van der Waals surface area contributed by atoms with Crippen molar-refractivity contribution >= 4 is 16.7 Å². The van der Waals surface area contributed by atoms with E-state index in [1.54, 1.807) is 6.92 Å². The quantitative estimate of drug-likeness (QED) is 0.632. The lowest BCUT2D eigenvalue weighted by Crippen LogP contribution is -2.38. The molecule has 0 unspecified atom stereocenters. The van der Waals surface area contributed by atoms with E-state index in [4.69, 9.17) is 9.47 Å². The van der Waals surface area contributed by atoms with Crippen LogP contribution in [0.5, 0.6) is 11.5 Å². The molecule has 0 spiro atoms. The maximum Gasteiger partial charge on any atom is 0.260 e. The molecule has 0 aliphatic carbocycles. The predicted molar refractivity (Wildman–Crippen MR) is 108 cm³/mol. The van der Waals surface area contributed by atoms with Gasteiger partial charge in [0.1, 0.15) is 18.1 Å². The molecule has 3 rings (SSSR count). The molecule has 0 aliphatic rings. The van der Waals surface area contributed by atoms with E-state index in [1.165, 1.54) is 0 Å². The zero-order chi connectivity index (χ0) is 19.2. The summed E-state index contributed by atoms with van der Waals surface area (Å²) in [5.74, 6) is 1.40. The van der Waals surface area contributed by atoms with Crippen molar-refractivity contribution in [1.29, 1.82) is 0 Å². The van der Waals surface area contributed by atoms with Gasteiger partial charge in [0, 0.05) is 5.39 Å². The van der Waals surface area contributed by atoms with Crippen LogP contribution in [0, 0.1) is 13.8 Å². The summed E-state index contributed by atoms with van der Waals surface area (Å²) in [7, 11) is 0. The van der Waals surface area contributed by atoms with Gasteiger partial charge in [-0.05, 0) is 49.4 Å². The summed E-state index contributed by atoms with van der Waals surface area (Å²) >= 11 is 0. The average molecular weight is 363 g/mol. The van der Waals surface area contributed by atoms with Crippen LogP contribution in [0.2, 0.25) is 0 Å². The Morgan fingerprint density at radius 3 is 2.63 bits per heavy atom. The van der Waals surface area contributed by atoms with Crippen molar-refractivity contribution in [2.24, 2.45) is 0 Å². The third kappa shape index (κ3) is 4.79. The monoisotopic (exact) mass is 363 g/mol. The second-order valence-corrected chi connectivity index (χ2v) is 6.65. The van der Waals surface area contributed by atoms with Crippen LogP contribution < -0.4 is 14.8 Å². The highest BCUT2D eigenvalue weighted by Crippen LogP contribution is 2.26. The van der Waals surface area contributed by atoms with Crippen LogP contribution in [-0.2, 0) is 4.79 Å². The second kappa shape index (κ2) is 8.58. The highest BCUT2D eigenvalue weighted by Gasteiger charge is 2.15. The Bertz CT molecular complexity index is 931. The minimum absolute atomic E-state index is 0.160. The van der Waals surface area contributed by atoms with Crippen molar-refractivity contribution in [3.05, 3.63) is 71.8 Å². The third-order valence-corrected chi connectivity index (χ3v) is 4.43. The van der Waals surface area contributed by atoms with Crippen LogP contribution in [0.3, 0.4) is 0 Å². The summed E-state index contributed by atoms with van der Waals surface area (Å²) in [4.78, 5) is 12.3. The fraction of sp³-hybridized carbons (Fsp3) is 0.261. The van der Waals surface area contributed by atoms with E-state index in [1.807, 2.05) is 68.4 Å². The Kier molecular flexibility index (Phi) is 5.97. The van der Waals surface area contributed by atoms with Gasteiger partial charge in [-0.15, -0.1) is 0 Å². The minimum Gasteiger partial charge on any atom is -0.491 e. The number of nitrogens with one attached hydrogen (secondary N) is 1. The van der Waals surface area contributed by atoms with Crippen LogP contribution in [0.1, 0.15) is 18.1 Å². The zero-order valence-corrected chi connectivity index (χ0v) is 16.0. The lowest BCUT2D eigenvalue weighted by molar-refractivity contribution is -0.127. The number of fused-ring (bicyclic) bond motifs is 1. The maximum absolute atomic E-state index is 12.3. The van der Waals surface area contributed by atoms with Crippen LogP contribution in [0.4, 0.5) is 0 Å². The Balaban J connectivity index is 1.51. The molecule has 0 saturated heterocycles. The third-order valence-electron chi connectivity index (χ3n) is 4.43. The van der Waals surface area contributed by atoms with E-state index in [-0.39, 0.29) is 5.91 Å². The lowest BCUT2D eigenvalue weighted by atomic mass is 10.1. The van der Waals surface area contributed by atoms with Gasteiger partial charge in [0.2, 0.25) is 0 Å². The van der Waals surface area contributed by atoms with Crippen LogP contribution in [0.25, 0.3) is 10.8 Å². The number of hydrogen-bond acceptors (Lipinski definition) is 3. The molecular weight excluding hydrogens is 338 g/mol. The molecule has 0 bridgehead atoms. The Hall–Kier alpha value is -3.01. The van der Waals surface area contributed by atoms with Crippen molar-refractivity contribution in [3.8, 4) is 11.5 Å². The number of carbonyl (C=O) groups excluding carboxylic acids is 1. The first kappa shape index (κ1) is 18.8. The molecule has 0 aromatic heterocycles. The fourth-order valence-corrected chi connectivity index (χ4v) is 2.88. The van der Waals surface area contributed by atoms with Crippen LogP contribution in [0.15, 0.2) is 60.7 Å². The number of hydrogen-bond donors (Lipinski definition) is 1. The van der Waals surface area contributed by atoms with Crippen LogP contribution >= 0.6 is 0 Å². The predicted octanol–water partition coefficient (Wildman–Crippen LogP) is 4.42. The SMILES string of the molecule is Cc1ccc(C)c(OCCNC(=O)[C@H](C)Oc2cccc3ccccc23)c1. The standard InChI is InChI=1S/C23H25NO3/c1-16-11-12-17(2)22(15-16)26-14-13-24-23(25)18(3)27-21-10-6-8-19-7-4-5-9-20(19)21/h4-12,15,18H,13-14H2,1-3H3,(H,24,25)/t18-/m0/s1. The van der Waals surface area contributed by atoms with Crippen molar-refractivity contribution < 1.29 is 14.3 Å². The molecule has 27 heavy (non-hydrogen) atoms. The number of rotatable bonds is 7. The number of carbonyl (C=O) groups is 1. The highest BCUT2D eigenvalue weighted by atomic mass is 16.5. The number of amides is 1. The Morgan fingerprint density at radius 1 is 1.00 bits per heavy atom. The fourth-order valence-electron chi connectivity index (χ4n) is 2.88. The van der Waals surface area contributed by atoms with E-state index < -0.39 is 6.10 Å². The summed E-state index contributed by atoms with van der Waals surface area (Å²) in [6.07, 6.45) is -0.587. The first-order valence-corrected chi connectivity index (χ1v) is 9.17. The van der Waals surface area contributed by atoms with Crippen LogP contribution in [-0.4, -0.2) is 25.2 Å². The second-order valence-electron chi connectivity index (χ2n) is 6.65. The molecule has 0 saturated carbocycles. The van der Waals surface area contributed by atoms with E-state index in [0.717, 1.165) is 27.6 Å². The van der Waals surface area contributed by atoms with Gasteiger partial charge < -0.3 is 14.8 Å². The molecule has 3 aromatic carbocycles. The molecule has 1 N–H and O–H groups in total. The first-order valence-electron chi connectivity index (χ1n) is 9.17. The summed E-state index contributed by atoms with van der Waals surface area (Å²) in [6, 6.07) is 19.9. The summed E-state index contributed by atoms with van der Waals surface area (Å²) in [5.41, 5.74) is 2.23.